The maximum atomic E-state index is 13.9. The van der Waals surface area contributed by atoms with Gasteiger partial charge in [0.15, 0.2) is 6.04 Å². The first-order valence-corrected chi connectivity index (χ1v) is 11.3. The summed E-state index contributed by atoms with van der Waals surface area (Å²) in [6.45, 7) is 0.239. The van der Waals surface area contributed by atoms with Gasteiger partial charge in [-0.25, -0.2) is 4.68 Å². The fourth-order valence-corrected chi connectivity index (χ4v) is 4.36. The lowest BCUT2D eigenvalue weighted by Crippen LogP contribution is -2.36. The minimum Gasteiger partial charge on any atom is -0.363 e. The third-order valence-corrected chi connectivity index (χ3v) is 6.20. The van der Waals surface area contributed by atoms with Gasteiger partial charge < -0.3 is 10.6 Å². The number of fused-ring (bicyclic) bond motifs is 1. The van der Waals surface area contributed by atoms with Gasteiger partial charge in [-0.15, -0.1) is 0 Å². The highest BCUT2D eigenvalue weighted by atomic mass is 19.4. The average Bonchev–Trinajstić information content (AvgIpc) is 3.31. The van der Waals surface area contributed by atoms with E-state index in [1.54, 1.807) is 24.3 Å². The van der Waals surface area contributed by atoms with Crippen molar-refractivity contribution in [2.45, 2.75) is 31.2 Å². The third-order valence-electron chi connectivity index (χ3n) is 6.20. The van der Waals surface area contributed by atoms with Crippen molar-refractivity contribution in [2.24, 2.45) is 0 Å². The van der Waals surface area contributed by atoms with Crippen molar-refractivity contribution in [2.75, 3.05) is 5.32 Å². The summed E-state index contributed by atoms with van der Waals surface area (Å²) in [4.78, 5) is 13.0. The predicted molar refractivity (Wildman–Crippen MR) is 128 cm³/mol. The molecule has 0 radical (unpaired) electrons. The van der Waals surface area contributed by atoms with Gasteiger partial charge in [0.2, 0.25) is 0 Å². The van der Waals surface area contributed by atoms with Crippen LogP contribution in [0.4, 0.5) is 19.0 Å². The number of rotatable bonds is 5. The zero-order valence-electron chi connectivity index (χ0n) is 18.7. The molecule has 1 aliphatic heterocycles. The number of aromatic nitrogens is 2. The van der Waals surface area contributed by atoms with Gasteiger partial charge in [0.1, 0.15) is 11.4 Å². The molecule has 0 saturated heterocycles. The van der Waals surface area contributed by atoms with Crippen molar-refractivity contribution < 1.29 is 18.0 Å². The van der Waals surface area contributed by atoms with Crippen LogP contribution in [0.2, 0.25) is 0 Å². The van der Waals surface area contributed by atoms with Crippen LogP contribution in [0.5, 0.6) is 0 Å². The standard InChI is InChI=1S/C27H23F3N4O/c28-27(29,30)24-15-23(21-9-5-2-6-10-21)33-25-22(17-32-34(24)25)26(35)31-16-18-11-13-20(14-12-18)19-7-3-1-4-8-19/h1-14,17,23-24,33H,15-16H2,(H,31,35). The van der Waals surface area contributed by atoms with Gasteiger partial charge in [-0.2, -0.15) is 18.3 Å². The minimum atomic E-state index is -4.50. The molecule has 35 heavy (non-hydrogen) atoms. The van der Waals surface area contributed by atoms with E-state index in [9.17, 15) is 18.0 Å². The highest BCUT2D eigenvalue weighted by Crippen LogP contribution is 2.44. The number of hydrogen-bond donors (Lipinski definition) is 2. The summed E-state index contributed by atoms with van der Waals surface area (Å²) >= 11 is 0. The van der Waals surface area contributed by atoms with E-state index in [1.807, 2.05) is 60.7 Å². The molecule has 3 aromatic carbocycles. The van der Waals surface area contributed by atoms with E-state index in [-0.39, 0.29) is 24.3 Å². The predicted octanol–water partition coefficient (Wildman–Crippen LogP) is 6.14. The molecule has 5 nitrogen and oxygen atoms in total. The number of nitrogens with one attached hydrogen (secondary N) is 2. The number of benzene rings is 3. The first-order chi connectivity index (χ1) is 16.9. The van der Waals surface area contributed by atoms with Crippen LogP contribution >= 0.6 is 0 Å². The number of halogens is 3. The molecule has 1 aromatic heterocycles. The van der Waals surface area contributed by atoms with Crippen molar-refractivity contribution in [1.29, 1.82) is 0 Å². The summed E-state index contributed by atoms with van der Waals surface area (Å²) in [5.74, 6) is -0.412. The van der Waals surface area contributed by atoms with Crippen LogP contribution in [0.3, 0.4) is 0 Å². The maximum Gasteiger partial charge on any atom is 0.410 e. The Morgan fingerprint density at radius 1 is 0.943 bits per heavy atom. The molecule has 8 heteroatoms. The van der Waals surface area contributed by atoms with Crippen LogP contribution in [0, 0.1) is 0 Å². The van der Waals surface area contributed by atoms with E-state index < -0.39 is 24.2 Å². The van der Waals surface area contributed by atoms with Gasteiger partial charge in [0, 0.05) is 13.0 Å². The molecule has 2 atom stereocenters. The maximum absolute atomic E-state index is 13.9. The molecular weight excluding hydrogens is 453 g/mol. The monoisotopic (exact) mass is 476 g/mol. The Morgan fingerprint density at radius 3 is 2.23 bits per heavy atom. The third kappa shape index (κ3) is 4.77. The Kier molecular flexibility index (Phi) is 6.03. The summed E-state index contributed by atoms with van der Waals surface area (Å²) in [7, 11) is 0. The largest absolute Gasteiger partial charge is 0.410 e. The van der Waals surface area contributed by atoms with E-state index in [0.29, 0.717) is 0 Å². The molecule has 5 rings (SSSR count). The molecular formula is C27H23F3N4O. The summed E-state index contributed by atoms with van der Waals surface area (Å²) in [6.07, 6.45) is -3.51. The van der Waals surface area contributed by atoms with E-state index >= 15 is 0 Å². The number of alkyl halides is 3. The highest BCUT2D eigenvalue weighted by Gasteiger charge is 2.47. The molecule has 2 N–H and O–H groups in total. The van der Waals surface area contributed by atoms with Gasteiger partial charge in [-0.05, 0) is 22.3 Å². The van der Waals surface area contributed by atoms with Crippen LogP contribution < -0.4 is 10.6 Å². The van der Waals surface area contributed by atoms with E-state index in [4.69, 9.17) is 0 Å². The Balaban J connectivity index is 1.34. The molecule has 4 aromatic rings. The first-order valence-electron chi connectivity index (χ1n) is 11.3. The molecule has 178 valence electrons. The number of carbonyl (C=O) groups is 1. The van der Waals surface area contributed by atoms with Crippen molar-refractivity contribution in [3.8, 4) is 11.1 Å². The molecule has 0 bridgehead atoms. The lowest BCUT2D eigenvalue weighted by atomic mass is 9.96. The van der Waals surface area contributed by atoms with Crippen LogP contribution in [0.25, 0.3) is 11.1 Å². The highest BCUT2D eigenvalue weighted by molar-refractivity contribution is 5.98. The SMILES string of the molecule is O=C(NCc1ccc(-c2ccccc2)cc1)c1cnn2c1NC(c1ccccc1)CC2C(F)(F)F. The van der Waals surface area contributed by atoms with Gasteiger partial charge in [-0.1, -0.05) is 84.9 Å². The first kappa shape index (κ1) is 22.7. The topological polar surface area (TPSA) is 59.0 Å². The Morgan fingerprint density at radius 2 is 1.57 bits per heavy atom. The second kappa shape index (κ2) is 9.29. The number of carbonyl (C=O) groups excluding carboxylic acids is 1. The summed E-state index contributed by atoms with van der Waals surface area (Å²) < 4.78 is 42.4. The Hall–Kier alpha value is -4.07. The lowest BCUT2D eigenvalue weighted by molar-refractivity contribution is -0.173. The van der Waals surface area contributed by atoms with Crippen LogP contribution in [-0.2, 0) is 6.54 Å². The second-order valence-electron chi connectivity index (χ2n) is 8.50. The fraction of sp³-hybridized carbons (Fsp3) is 0.185. The van der Waals surface area contributed by atoms with Crippen LogP contribution in [0.1, 0.15) is 40.0 Å². The van der Waals surface area contributed by atoms with Gasteiger partial charge in [-0.3, -0.25) is 4.79 Å². The summed E-state index contributed by atoms with van der Waals surface area (Å²) in [5.41, 5.74) is 3.83. The lowest BCUT2D eigenvalue weighted by Gasteiger charge is -2.34. The van der Waals surface area contributed by atoms with Gasteiger partial charge >= 0.3 is 6.18 Å². The number of amides is 1. The van der Waals surface area contributed by atoms with E-state index in [0.717, 1.165) is 26.9 Å². The van der Waals surface area contributed by atoms with Gasteiger partial charge in [0.05, 0.1) is 12.2 Å². The molecule has 0 fully saturated rings. The zero-order chi connectivity index (χ0) is 24.4. The van der Waals surface area contributed by atoms with Crippen molar-refractivity contribution in [1.82, 2.24) is 15.1 Å². The van der Waals surface area contributed by atoms with Gasteiger partial charge in [0.25, 0.3) is 5.91 Å². The minimum absolute atomic E-state index is 0.0735. The van der Waals surface area contributed by atoms with Crippen LogP contribution in [-0.4, -0.2) is 21.9 Å². The number of nitrogens with zero attached hydrogens (tertiary/aromatic N) is 2. The second-order valence-corrected chi connectivity index (χ2v) is 8.50. The Labute approximate surface area is 200 Å². The van der Waals surface area contributed by atoms with Crippen molar-refractivity contribution in [3.05, 3.63) is 108 Å². The Bertz CT molecular complexity index is 1300. The number of anilines is 1. The smallest absolute Gasteiger partial charge is 0.363 e. The molecule has 0 saturated carbocycles. The summed E-state index contributed by atoms with van der Waals surface area (Å²) in [5, 5.41) is 9.84. The molecule has 2 heterocycles. The fourth-order valence-electron chi connectivity index (χ4n) is 4.36. The summed E-state index contributed by atoms with van der Waals surface area (Å²) in [6, 6.07) is 24.2. The normalized spacial score (nSPS) is 17.3. The quantitative estimate of drug-likeness (QED) is 0.364. The molecule has 0 aliphatic carbocycles. The average molecular weight is 477 g/mol. The number of hydrogen-bond acceptors (Lipinski definition) is 3. The van der Waals surface area contributed by atoms with Crippen molar-refractivity contribution in [3.63, 3.8) is 0 Å². The zero-order valence-corrected chi connectivity index (χ0v) is 18.7. The van der Waals surface area contributed by atoms with Crippen LogP contribution in [0.15, 0.2) is 91.1 Å². The molecule has 1 amide bonds. The molecule has 0 spiro atoms. The van der Waals surface area contributed by atoms with E-state index in [1.165, 1.54) is 6.20 Å². The molecule has 2 unspecified atom stereocenters. The molecule has 1 aliphatic rings. The van der Waals surface area contributed by atoms with Crippen molar-refractivity contribution >= 4 is 11.7 Å². The van der Waals surface area contributed by atoms with E-state index in [2.05, 4.69) is 15.7 Å².